The number of rotatable bonds is 6. The third-order valence-electron chi connectivity index (χ3n) is 7.84. The van der Waals surface area contributed by atoms with Gasteiger partial charge in [0, 0.05) is 36.1 Å². The first kappa shape index (κ1) is 27.2. The SMILES string of the molecule is C[C@@H]1CCC[C@H](COC(=O)N2CCCC(N3CCC(C(N)=O)CC3)C2)N1S(=O)(=O)c1ccc(Cl)cc1. The lowest BCUT2D eigenvalue weighted by molar-refractivity contribution is -0.123. The number of nitrogens with two attached hydrogens (primary N) is 1. The molecule has 9 nitrogen and oxygen atoms in total. The minimum absolute atomic E-state index is 0.0289. The summed E-state index contributed by atoms with van der Waals surface area (Å²) < 4.78 is 34.1. The first-order valence-corrected chi connectivity index (χ1v) is 14.7. The summed E-state index contributed by atoms with van der Waals surface area (Å²) >= 11 is 5.95. The van der Waals surface area contributed by atoms with Gasteiger partial charge in [-0.25, -0.2) is 13.2 Å². The van der Waals surface area contributed by atoms with Crippen molar-refractivity contribution in [3.63, 3.8) is 0 Å². The first-order chi connectivity index (χ1) is 17.2. The Morgan fingerprint density at radius 2 is 1.72 bits per heavy atom. The zero-order chi connectivity index (χ0) is 25.9. The molecule has 200 valence electrons. The van der Waals surface area contributed by atoms with Gasteiger partial charge in [-0.3, -0.25) is 9.69 Å². The molecular formula is C25H37ClN4O5S. The second-order valence-electron chi connectivity index (χ2n) is 10.3. The van der Waals surface area contributed by atoms with Crippen LogP contribution in [0, 0.1) is 5.92 Å². The number of halogens is 1. The van der Waals surface area contributed by atoms with E-state index in [9.17, 15) is 18.0 Å². The third kappa shape index (κ3) is 6.15. The highest BCUT2D eigenvalue weighted by Crippen LogP contribution is 2.31. The van der Waals surface area contributed by atoms with Gasteiger partial charge in [0.2, 0.25) is 15.9 Å². The Balaban J connectivity index is 1.36. The fourth-order valence-corrected chi connectivity index (χ4v) is 7.80. The molecule has 2 N–H and O–H groups in total. The molecule has 1 aromatic carbocycles. The van der Waals surface area contributed by atoms with Crippen LogP contribution in [0.4, 0.5) is 4.79 Å². The van der Waals surface area contributed by atoms with Gasteiger partial charge in [-0.2, -0.15) is 4.31 Å². The van der Waals surface area contributed by atoms with Crippen LogP contribution in [-0.4, -0.2) is 85.4 Å². The van der Waals surface area contributed by atoms with E-state index in [4.69, 9.17) is 22.1 Å². The molecule has 0 aliphatic carbocycles. The number of likely N-dealkylation sites (tertiary alicyclic amines) is 2. The number of primary amides is 1. The number of benzene rings is 1. The van der Waals surface area contributed by atoms with Crippen LogP contribution in [0.25, 0.3) is 0 Å². The number of carbonyl (C=O) groups excluding carboxylic acids is 2. The number of nitrogens with zero attached hydrogens (tertiary/aromatic N) is 3. The summed E-state index contributed by atoms with van der Waals surface area (Å²) in [7, 11) is -3.75. The van der Waals surface area contributed by atoms with Crippen molar-refractivity contribution in [3.05, 3.63) is 29.3 Å². The van der Waals surface area contributed by atoms with Gasteiger partial charge < -0.3 is 15.4 Å². The zero-order valence-electron chi connectivity index (χ0n) is 20.9. The zero-order valence-corrected chi connectivity index (χ0v) is 22.4. The Hall–Kier alpha value is -1.88. The number of sulfonamides is 1. The number of hydrogen-bond donors (Lipinski definition) is 1. The highest BCUT2D eigenvalue weighted by molar-refractivity contribution is 7.89. The minimum atomic E-state index is -3.75. The van der Waals surface area contributed by atoms with Gasteiger partial charge in [0.1, 0.15) is 6.61 Å². The average Bonchev–Trinajstić information content (AvgIpc) is 2.87. The van der Waals surface area contributed by atoms with Crippen molar-refractivity contribution in [2.45, 2.75) is 74.9 Å². The van der Waals surface area contributed by atoms with E-state index in [1.165, 1.54) is 16.4 Å². The van der Waals surface area contributed by atoms with Crippen LogP contribution in [0.2, 0.25) is 5.02 Å². The highest BCUT2D eigenvalue weighted by atomic mass is 35.5. The average molecular weight is 541 g/mol. The minimum Gasteiger partial charge on any atom is -0.448 e. The second kappa shape index (κ2) is 11.7. The Morgan fingerprint density at radius 3 is 2.39 bits per heavy atom. The van der Waals surface area contributed by atoms with E-state index in [-0.39, 0.29) is 35.4 Å². The maximum Gasteiger partial charge on any atom is 0.409 e. The molecule has 3 aliphatic rings. The molecule has 36 heavy (non-hydrogen) atoms. The monoisotopic (exact) mass is 540 g/mol. The summed E-state index contributed by atoms with van der Waals surface area (Å²) in [5.41, 5.74) is 5.46. The van der Waals surface area contributed by atoms with Crippen molar-refractivity contribution in [1.29, 1.82) is 0 Å². The molecular weight excluding hydrogens is 504 g/mol. The van der Waals surface area contributed by atoms with Crippen molar-refractivity contribution >= 4 is 33.6 Å². The van der Waals surface area contributed by atoms with E-state index < -0.39 is 22.2 Å². The molecule has 3 aliphatic heterocycles. The van der Waals surface area contributed by atoms with Crippen LogP contribution in [0.3, 0.4) is 0 Å². The summed E-state index contributed by atoms with van der Waals surface area (Å²) in [6.07, 6.45) is 5.28. The molecule has 0 saturated carbocycles. The predicted molar refractivity (Wildman–Crippen MR) is 137 cm³/mol. The lowest BCUT2D eigenvalue weighted by Gasteiger charge is -2.42. The molecule has 3 saturated heterocycles. The van der Waals surface area contributed by atoms with Crippen LogP contribution in [0.15, 0.2) is 29.2 Å². The van der Waals surface area contributed by atoms with Crippen LogP contribution in [-0.2, 0) is 19.6 Å². The lowest BCUT2D eigenvalue weighted by Crippen LogP contribution is -2.53. The van der Waals surface area contributed by atoms with E-state index in [1.807, 2.05) is 6.92 Å². The van der Waals surface area contributed by atoms with Crippen molar-refractivity contribution in [1.82, 2.24) is 14.1 Å². The molecule has 0 bridgehead atoms. The molecule has 0 radical (unpaired) electrons. The van der Waals surface area contributed by atoms with Crippen LogP contribution < -0.4 is 5.73 Å². The molecule has 0 aromatic heterocycles. The molecule has 3 atom stereocenters. The molecule has 1 aromatic rings. The Morgan fingerprint density at radius 1 is 1.03 bits per heavy atom. The van der Waals surface area contributed by atoms with Gasteiger partial charge in [0.05, 0.1) is 10.9 Å². The van der Waals surface area contributed by atoms with Gasteiger partial charge in [-0.1, -0.05) is 18.0 Å². The first-order valence-electron chi connectivity index (χ1n) is 12.9. The van der Waals surface area contributed by atoms with Crippen molar-refractivity contribution < 1.29 is 22.7 Å². The van der Waals surface area contributed by atoms with E-state index in [0.29, 0.717) is 24.5 Å². The number of amides is 2. The fourth-order valence-electron chi connectivity index (χ4n) is 5.81. The van der Waals surface area contributed by atoms with Gasteiger partial charge >= 0.3 is 6.09 Å². The molecule has 1 unspecified atom stereocenters. The fraction of sp³-hybridized carbons (Fsp3) is 0.680. The Kier molecular flexibility index (Phi) is 8.80. The third-order valence-corrected chi connectivity index (χ3v) is 10.2. The molecule has 3 fully saturated rings. The maximum atomic E-state index is 13.4. The standard InChI is InChI=1S/C25H37ClN4O5S/c1-18-4-2-5-22(30(18)36(33,34)23-9-7-20(26)8-10-23)17-35-25(32)29-13-3-6-21(16-29)28-14-11-19(12-15-28)24(27)31/h7-10,18-19,21-22H,2-6,11-17H2,1H3,(H2,27,31)/t18-,21?,22-/m1/s1. The van der Waals surface area contributed by atoms with Gasteiger partial charge in [0.25, 0.3) is 0 Å². The molecule has 0 spiro atoms. The number of ether oxygens (including phenoxy) is 1. The van der Waals surface area contributed by atoms with Gasteiger partial charge in [-0.15, -0.1) is 0 Å². The Bertz CT molecular complexity index is 1030. The summed E-state index contributed by atoms with van der Waals surface area (Å²) in [5.74, 6) is -0.288. The quantitative estimate of drug-likeness (QED) is 0.593. The lowest BCUT2D eigenvalue weighted by atomic mass is 9.93. The summed E-state index contributed by atoms with van der Waals surface area (Å²) in [6, 6.07) is 5.81. The maximum absolute atomic E-state index is 13.4. The number of hydrogen-bond acceptors (Lipinski definition) is 6. The van der Waals surface area contributed by atoms with Gasteiger partial charge in [-0.05, 0) is 82.8 Å². The van der Waals surface area contributed by atoms with Crippen molar-refractivity contribution in [2.24, 2.45) is 11.7 Å². The number of carbonyl (C=O) groups is 2. The largest absolute Gasteiger partial charge is 0.448 e. The topological polar surface area (TPSA) is 113 Å². The Labute approximate surface area is 218 Å². The highest BCUT2D eigenvalue weighted by Gasteiger charge is 2.39. The summed E-state index contributed by atoms with van der Waals surface area (Å²) in [6.45, 7) is 4.74. The van der Waals surface area contributed by atoms with Crippen LogP contribution in [0.5, 0.6) is 0 Å². The molecule has 11 heteroatoms. The van der Waals surface area contributed by atoms with Crippen molar-refractivity contribution in [2.75, 3.05) is 32.8 Å². The summed E-state index contributed by atoms with van der Waals surface area (Å²) in [5, 5.41) is 0.475. The predicted octanol–water partition coefficient (Wildman–Crippen LogP) is 3.07. The van der Waals surface area contributed by atoms with Crippen LogP contribution in [0.1, 0.15) is 51.9 Å². The van der Waals surface area contributed by atoms with E-state index in [0.717, 1.165) is 51.6 Å². The summed E-state index contributed by atoms with van der Waals surface area (Å²) in [4.78, 5) is 28.7. The molecule has 2 amide bonds. The van der Waals surface area contributed by atoms with E-state index in [1.54, 1.807) is 17.0 Å². The van der Waals surface area contributed by atoms with E-state index >= 15 is 0 Å². The van der Waals surface area contributed by atoms with Crippen molar-refractivity contribution in [3.8, 4) is 0 Å². The van der Waals surface area contributed by atoms with Gasteiger partial charge in [0.15, 0.2) is 0 Å². The smallest absolute Gasteiger partial charge is 0.409 e. The molecule has 3 heterocycles. The second-order valence-corrected chi connectivity index (χ2v) is 12.5. The molecule has 4 rings (SSSR count). The number of piperidine rings is 3. The van der Waals surface area contributed by atoms with Crippen LogP contribution >= 0.6 is 11.6 Å². The van der Waals surface area contributed by atoms with E-state index in [2.05, 4.69) is 4.90 Å². The normalized spacial score (nSPS) is 27.1.